The molecule has 1 N–H and O–H groups in total. The van der Waals surface area contributed by atoms with Crippen molar-refractivity contribution in [2.75, 3.05) is 5.32 Å². The predicted octanol–water partition coefficient (Wildman–Crippen LogP) is 3.97. The van der Waals surface area contributed by atoms with Gasteiger partial charge in [0.2, 0.25) is 11.7 Å². The Labute approximate surface area is 206 Å². The number of aromatic nitrogens is 6. The molecule has 0 bridgehead atoms. The van der Waals surface area contributed by atoms with Crippen LogP contribution < -0.4 is 5.32 Å². The molecule has 0 spiro atoms. The van der Waals surface area contributed by atoms with E-state index in [0.29, 0.717) is 47.1 Å². The molecule has 1 saturated carbocycles. The molecule has 4 aromatic heterocycles. The normalized spacial score (nSPS) is 14.7. The highest BCUT2D eigenvalue weighted by molar-refractivity contribution is 6.04. The zero-order valence-electron chi connectivity index (χ0n) is 20.0. The van der Waals surface area contributed by atoms with Gasteiger partial charge in [0.1, 0.15) is 17.1 Å². The fourth-order valence-corrected chi connectivity index (χ4v) is 4.51. The number of hydrogen-bond acceptors (Lipinski definition) is 7. The lowest BCUT2D eigenvalue weighted by Gasteiger charge is -2.32. The Morgan fingerprint density at radius 3 is 2.69 bits per heavy atom. The van der Waals surface area contributed by atoms with Crippen molar-refractivity contribution in [1.82, 2.24) is 29.3 Å². The third kappa shape index (κ3) is 3.67. The quantitative estimate of drug-likeness (QED) is 0.403. The lowest BCUT2D eigenvalue weighted by Crippen LogP contribution is -2.39. The number of pyridine rings is 1. The van der Waals surface area contributed by atoms with Crippen molar-refractivity contribution in [3.8, 4) is 22.6 Å². The molecule has 1 aliphatic rings. The van der Waals surface area contributed by atoms with Gasteiger partial charge in [-0.3, -0.25) is 18.7 Å². The second-order valence-electron chi connectivity index (χ2n) is 9.52. The minimum absolute atomic E-state index is 0.193. The molecule has 0 aliphatic heterocycles. The van der Waals surface area contributed by atoms with E-state index in [0.717, 1.165) is 16.8 Å². The van der Waals surface area contributed by atoms with Gasteiger partial charge in [0, 0.05) is 49.1 Å². The monoisotopic (exact) mass is 481 g/mol. The van der Waals surface area contributed by atoms with Crippen LogP contribution in [0.3, 0.4) is 0 Å². The van der Waals surface area contributed by atoms with E-state index in [1.807, 2.05) is 69.7 Å². The maximum absolute atomic E-state index is 13.2. The molecule has 10 nitrogen and oxygen atoms in total. The first-order chi connectivity index (χ1) is 17.3. The number of benzene rings is 1. The van der Waals surface area contributed by atoms with Crippen LogP contribution in [0.2, 0.25) is 0 Å². The first-order valence-corrected chi connectivity index (χ1v) is 11.5. The van der Waals surface area contributed by atoms with Crippen LogP contribution >= 0.6 is 0 Å². The average molecular weight is 482 g/mol. The maximum Gasteiger partial charge on any atom is 0.274 e. The molecule has 0 unspecified atom stereocenters. The van der Waals surface area contributed by atoms with Crippen LogP contribution in [0.5, 0.6) is 0 Å². The van der Waals surface area contributed by atoms with Gasteiger partial charge in [-0.2, -0.15) is 10.1 Å². The number of imidazole rings is 1. The molecule has 6 rings (SSSR count). The summed E-state index contributed by atoms with van der Waals surface area (Å²) in [4.78, 5) is 33.6. The fourth-order valence-electron chi connectivity index (χ4n) is 4.51. The van der Waals surface area contributed by atoms with E-state index >= 15 is 0 Å². The third-order valence-electron chi connectivity index (χ3n) is 6.62. The lowest BCUT2D eigenvalue weighted by molar-refractivity contribution is -0.128. The Morgan fingerprint density at radius 1 is 1.11 bits per heavy atom. The van der Waals surface area contributed by atoms with Gasteiger partial charge in [0.15, 0.2) is 0 Å². The van der Waals surface area contributed by atoms with E-state index in [1.54, 1.807) is 15.3 Å². The van der Waals surface area contributed by atoms with Gasteiger partial charge in [-0.15, -0.1) is 0 Å². The summed E-state index contributed by atoms with van der Waals surface area (Å²) in [5.74, 6) is 0.776. The summed E-state index contributed by atoms with van der Waals surface area (Å²) >= 11 is 0. The van der Waals surface area contributed by atoms with Crippen molar-refractivity contribution in [3.05, 3.63) is 72.1 Å². The average Bonchev–Trinajstić information content (AvgIpc) is 3.58. The van der Waals surface area contributed by atoms with Gasteiger partial charge in [-0.05, 0) is 43.7 Å². The third-order valence-corrected chi connectivity index (χ3v) is 6.62. The van der Waals surface area contributed by atoms with Crippen molar-refractivity contribution in [1.29, 1.82) is 0 Å². The summed E-state index contributed by atoms with van der Waals surface area (Å²) in [6.07, 6.45) is 6.07. The van der Waals surface area contributed by atoms with Gasteiger partial charge >= 0.3 is 0 Å². The van der Waals surface area contributed by atoms with Gasteiger partial charge in [0.05, 0.1) is 17.3 Å². The van der Waals surface area contributed by atoms with Crippen LogP contribution in [0.25, 0.3) is 28.3 Å². The highest BCUT2D eigenvalue weighted by Crippen LogP contribution is 2.40. The molecule has 1 amide bonds. The molecule has 0 atom stereocenters. The summed E-state index contributed by atoms with van der Waals surface area (Å²) in [5, 5.41) is 11.5. The Kier molecular flexibility index (Phi) is 4.85. The summed E-state index contributed by atoms with van der Waals surface area (Å²) in [5.41, 5.74) is 4.64. The zero-order chi connectivity index (χ0) is 25.0. The zero-order valence-corrected chi connectivity index (χ0v) is 20.0. The van der Waals surface area contributed by atoms with E-state index in [9.17, 15) is 9.59 Å². The Balaban J connectivity index is 1.25. The van der Waals surface area contributed by atoms with Crippen LogP contribution in [-0.4, -0.2) is 41.0 Å². The van der Waals surface area contributed by atoms with Crippen LogP contribution in [-0.2, 0) is 17.3 Å². The van der Waals surface area contributed by atoms with Crippen LogP contribution in [0, 0.1) is 6.92 Å². The summed E-state index contributed by atoms with van der Waals surface area (Å²) < 4.78 is 8.94. The number of aryl methyl sites for hydroxylation is 2. The highest BCUT2D eigenvalue weighted by atomic mass is 16.5. The van der Waals surface area contributed by atoms with Crippen molar-refractivity contribution in [2.45, 2.75) is 32.1 Å². The van der Waals surface area contributed by atoms with Crippen molar-refractivity contribution in [2.24, 2.45) is 7.05 Å². The molecule has 36 heavy (non-hydrogen) atoms. The summed E-state index contributed by atoms with van der Waals surface area (Å²) in [6, 6.07) is 11.3. The molecule has 0 radical (unpaired) electrons. The molecule has 1 aliphatic carbocycles. The van der Waals surface area contributed by atoms with Gasteiger partial charge < -0.3 is 9.84 Å². The molecule has 5 aromatic rings. The number of hydrogen-bond donors (Lipinski definition) is 1. The number of nitrogens with one attached hydrogen (secondary N) is 1. The number of amides is 1. The van der Waals surface area contributed by atoms with Gasteiger partial charge in [-0.25, -0.2) is 4.98 Å². The van der Waals surface area contributed by atoms with Crippen molar-refractivity contribution in [3.63, 3.8) is 0 Å². The summed E-state index contributed by atoms with van der Waals surface area (Å²) in [6.45, 7) is 3.86. The number of Topliss-reactive ketones (excluding diaryl/α,β-unsaturated/α-hetero) is 1. The number of carbonyl (C=O) groups excluding carboxylic acids is 2. The number of ketones is 1. The number of rotatable bonds is 5. The molecule has 0 saturated heterocycles. The number of carbonyl (C=O) groups is 2. The van der Waals surface area contributed by atoms with Gasteiger partial charge in [0.25, 0.3) is 5.91 Å². The molecule has 4 heterocycles. The molecule has 10 heteroatoms. The smallest absolute Gasteiger partial charge is 0.274 e. The van der Waals surface area contributed by atoms with E-state index in [4.69, 9.17) is 4.52 Å². The van der Waals surface area contributed by atoms with Crippen molar-refractivity contribution >= 4 is 23.0 Å². The van der Waals surface area contributed by atoms with E-state index in [2.05, 4.69) is 25.5 Å². The number of anilines is 1. The van der Waals surface area contributed by atoms with Crippen molar-refractivity contribution < 1.29 is 14.1 Å². The van der Waals surface area contributed by atoms with E-state index in [-0.39, 0.29) is 11.7 Å². The first kappa shape index (κ1) is 21.9. The standard InChI is InChI=1S/C26H23N7O3/c1-15-4-5-17(23-29-25(36-31-23)26(2)12-18(34)13-26)10-20(15)28-24(35)21-14-27-22-11-16(6-9-33(21)22)19-7-8-32(3)30-19/h4-11,14H,12-13H2,1-3H3,(H,28,35). The SMILES string of the molecule is Cc1ccc(-c2noc(C3(C)CC(=O)C3)n2)cc1NC(=O)c1cnc2cc(-c3ccn(C)n3)ccn12. The fraction of sp³-hybridized carbons (Fsp3) is 0.231. The topological polar surface area (TPSA) is 120 Å². The number of fused-ring (bicyclic) bond motifs is 1. The largest absolute Gasteiger partial charge is 0.338 e. The second kappa shape index (κ2) is 7.98. The molecule has 1 aromatic carbocycles. The molecule has 1 fully saturated rings. The Bertz CT molecular complexity index is 1650. The predicted molar refractivity (Wildman–Crippen MR) is 131 cm³/mol. The number of nitrogens with zero attached hydrogens (tertiary/aromatic N) is 6. The Morgan fingerprint density at radius 2 is 1.94 bits per heavy atom. The highest BCUT2D eigenvalue weighted by Gasteiger charge is 2.45. The second-order valence-corrected chi connectivity index (χ2v) is 9.52. The molecule has 180 valence electrons. The molecular weight excluding hydrogens is 458 g/mol. The van der Waals surface area contributed by atoms with Crippen LogP contribution in [0.4, 0.5) is 5.69 Å². The van der Waals surface area contributed by atoms with Crippen LogP contribution in [0.15, 0.2) is 59.5 Å². The van der Waals surface area contributed by atoms with E-state index in [1.165, 1.54) is 0 Å². The van der Waals surface area contributed by atoms with E-state index < -0.39 is 5.41 Å². The Hall–Kier alpha value is -4.60. The first-order valence-electron chi connectivity index (χ1n) is 11.5. The lowest BCUT2D eigenvalue weighted by atomic mass is 9.69. The minimum Gasteiger partial charge on any atom is -0.338 e. The maximum atomic E-state index is 13.2. The molecular formula is C26H23N7O3. The van der Waals surface area contributed by atoms with Crippen LogP contribution in [0.1, 0.15) is 41.7 Å². The van der Waals surface area contributed by atoms with Gasteiger partial charge in [-0.1, -0.05) is 17.3 Å². The minimum atomic E-state index is -0.399. The summed E-state index contributed by atoms with van der Waals surface area (Å²) in [7, 11) is 1.87.